The summed E-state index contributed by atoms with van der Waals surface area (Å²) < 4.78 is 81.4. The monoisotopic (exact) mass is 486 g/mol. The van der Waals surface area contributed by atoms with E-state index in [9.17, 15) is 17.3 Å². The van der Waals surface area contributed by atoms with Crippen LogP contribution in [0.25, 0.3) is 0 Å². The van der Waals surface area contributed by atoms with Crippen LogP contribution in [0, 0.1) is 33.3 Å². The first-order chi connectivity index (χ1) is 9.50. The van der Waals surface area contributed by atoms with Crippen molar-refractivity contribution in [3.05, 3.63) is 33.3 Å². The van der Waals surface area contributed by atoms with Crippen molar-refractivity contribution in [3.63, 3.8) is 0 Å². The van der Waals surface area contributed by atoms with Crippen LogP contribution in [0.5, 0.6) is 0 Å². The van der Waals surface area contributed by atoms with Crippen LogP contribution in [0.15, 0.2) is 0 Å². The van der Waals surface area contributed by atoms with Gasteiger partial charge in [0.2, 0.25) is 0 Å². The van der Waals surface area contributed by atoms with E-state index in [2.05, 4.69) is 33.3 Å². The molecule has 119 valence electrons. The second kappa shape index (κ2) is 61.3. The second-order valence-corrected chi connectivity index (χ2v) is 1.81. The molecule has 1 rings (SSSR count). The Morgan fingerprint density at radius 1 is 0.619 bits per heavy atom. The fourth-order valence-electron chi connectivity index (χ4n) is 0.510. The number of ether oxygens (including phenoxy) is 1. The fraction of sp³-hybridized carbons (Fsp3) is 0.444. The number of rotatable bonds is 0. The average Bonchev–Trinajstić information content (AvgIpc) is 3.07. The molecule has 6 nitrogen and oxygen atoms in total. The molecule has 0 aromatic heterocycles. The van der Waals surface area contributed by atoms with Gasteiger partial charge in [0.25, 0.3) is 0 Å². The SMILES string of the molecule is C1CCOC1.F[B-](F)(F)F.[C-]#[O+].[C-]#[O+].[C-]#[O+].[C-]#[O+].[C-]#[O+].[Re]. The fourth-order valence-corrected chi connectivity index (χ4v) is 0.510. The van der Waals surface area contributed by atoms with Gasteiger partial charge in [-0.1, -0.05) is 0 Å². The summed E-state index contributed by atoms with van der Waals surface area (Å²) in [5, 5.41) is 0. The largest absolute Gasteiger partial charge is 0 e. The molecule has 1 radical (unpaired) electrons. The van der Waals surface area contributed by atoms with Crippen molar-refractivity contribution >= 4 is 7.25 Å². The molecule has 12 heteroatoms. The first-order valence-corrected chi connectivity index (χ1v) is 3.97. The summed E-state index contributed by atoms with van der Waals surface area (Å²) in [5.41, 5.74) is 0. The van der Waals surface area contributed by atoms with Crippen LogP contribution >= 0.6 is 0 Å². The number of halogens is 4. The molecular formula is C9H8BF4O6Re-. The van der Waals surface area contributed by atoms with Gasteiger partial charge >= 0.3 is 63.8 Å². The van der Waals surface area contributed by atoms with E-state index < -0.39 is 7.25 Å². The summed E-state index contributed by atoms with van der Waals surface area (Å²) in [6, 6.07) is 0. The molecule has 0 saturated carbocycles. The Morgan fingerprint density at radius 3 is 0.810 bits per heavy atom. The van der Waals surface area contributed by atoms with E-state index >= 15 is 0 Å². The van der Waals surface area contributed by atoms with Crippen molar-refractivity contribution in [3.8, 4) is 0 Å². The van der Waals surface area contributed by atoms with Crippen molar-refractivity contribution < 1.29 is 65.7 Å². The van der Waals surface area contributed by atoms with E-state index in [0.29, 0.717) is 0 Å². The van der Waals surface area contributed by atoms with Crippen LogP contribution < -0.4 is 0 Å². The maximum Gasteiger partial charge on any atom is 0 e. The van der Waals surface area contributed by atoms with Gasteiger partial charge in [-0.05, 0) is 12.8 Å². The van der Waals surface area contributed by atoms with Gasteiger partial charge in [0.05, 0.1) is 0 Å². The summed E-state index contributed by atoms with van der Waals surface area (Å²) in [5.74, 6) is 0. The maximum atomic E-state index is 9.75. The number of hydrogen-bond donors (Lipinski definition) is 0. The van der Waals surface area contributed by atoms with E-state index in [1.807, 2.05) is 0 Å². The predicted octanol–water partition coefficient (Wildman–Crippen LogP) is 1.91. The zero-order valence-corrected chi connectivity index (χ0v) is 13.0. The van der Waals surface area contributed by atoms with Crippen LogP contribution in [-0.2, 0) is 48.4 Å². The molecule has 0 aromatic rings. The average molecular weight is 485 g/mol. The molecule has 0 atom stereocenters. The van der Waals surface area contributed by atoms with E-state index in [0.717, 1.165) is 13.2 Å². The van der Waals surface area contributed by atoms with Crippen LogP contribution in [0.2, 0.25) is 0 Å². The smallest absolute Gasteiger partial charge is 0 e. The van der Waals surface area contributed by atoms with Crippen LogP contribution in [0.3, 0.4) is 0 Å². The molecule has 1 fully saturated rings. The third kappa shape index (κ3) is 331. The quantitative estimate of drug-likeness (QED) is 0.222. The Labute approximate surface area is 133 Å². The molecule has 1 aliphatic heterocycles. The van der Waals surface area contributed by atoms with Crippen LogP contribution in [0.4, 0.5) is 17.3 Å². The van der Waals surface area contributed by atoms with Gasteiger partial charge in [0.1, 0.15) is 0 Å². The summed E-state index contributed by atoms with van der Waals surface area (Å²) in [6.07, 6.45) is 2.56. The molecule has 1 saturated heterocycles. The van der Waals surface area contributed by atoms with Gasteiger partial charge < -0.3 is 22.0 Å². The Kier molecular flexibility index (Phi) is 125. The molecule has 1 heterocycles. The Bertz CT molecular complexity index is 199. The minimum atomic E-state index is -6.00. The molecule has 0 bridgehead atoms. The third-order valence-corrected chi connectivity index (χ3v) is 0.827. The predicted molar refractivity (Wildman–Crippen MR) is 49.9 cm³/mol. The maximum absolute atomic E-state index is 9.75. The molecule has 0 aromatic carbocycles. The first-order valence-electron chi connectivity index (χ1n) is 3.97. The van der Waals surface area contributed by atoms with E-state index in [1.165, 1.54) is 12.8 Å². The van der Waals surface area contributed by atoms with Crippen molar-refractivity contribution in [1.82, 2.24) is 0 Å². The Morgan fingerprint density at radius 2 is 0.762 bits per heavy atom. The normalized spacial score (nSPS) is 9.05. The van der Waals surface area contributed by atoms with E-state index in [4.69, 9.17) is 28.0 Å². The zero-order chi connectivity index (χ0) is 18.0. The summed E-state index contributed by atoms with van der Waals surface area (Å²) in [7, 11) is -6.00. The zero-order valence-electron chi connectivity index (χ0n) is 10.2. The van der Waals surface area contributed by atoms with Crippen molar-refractivity contribution in [2.75, 3.05) is 13.2 Å². The van der Waals surface area contributed by atoms with Gasteiger partial charge in [-0.25, -0.2) is 0 Å². The molecule has 1 aliphatic rings. The van der Waals surface area contributed by atoms with Gasteiger partial charge in [-0.3, -0.25) is 0 Å². The topological polar surface area (TPSA) is 109 Å². The number of hydrogen-bond acceptors (Lipinski definition) is 1. The van der Waals surface area contributed by atoms with Gasteiger partial charge in [0.15, 0.2) is 0 Å². The van der Waals surface area contributed by atoms with Crippen molar-refractivity contribution in [1.29, 1.82) is 0 Å². The standard InChI is InChI=1S/C4H8O.5CO.BF4.Re/c1-2-4-5-3-1;5*1-2;2-1(3,4)5;/h1-4H2;;;;;;;/q;;;;;;-1;. The molecule has 0 aliphatic carbocycles. The van der Waals surface area contributed by atoms with Gasteiger partial charge in [0, 0.05) is 33.6 Å². The molecule has 0 unspecified atom stereocenters. The molecule has 21 heavy (non-hydrogen) atoms. The summed E-state index contributed by atoms with van der Waals surface area (Å²) in [6.45, 7) is 24.5. The summed E-state index contributed by atoms with van der Waals surface area (Å²) in [4.78, 5) is 0. The molecular weight excluding hydrogens is 477 g/mol. The summed E-state index contributed by atoms with van der Waals surface area (Å²) >= 11 is 0. The van der Waals surface area contributed by atoms with Crippen LogP contribution in [-0.4, -0.2) is 20.5 Å². The third-order valence-electron chi connectivity index (χ3n) is 0.827. The van der Waals surface area contributed by atoms with Crippen molar-refractivity contribution in [2.24, 2.45) is 0 Å². The minimum absolute atomic E-state index is 0. The van der Waals surface area contributed by atoms with Crippen molar-refractivity contribution in [2.45, 2.75) is 12.8 Å². The minimum Gasteiger partial charge on any atom is 0 e. The first kappa shape index (κ1) is 42.7. The molecule has 0 N–H and O–H groups in total. The van der Waals surface area contributed by atoms with Crippen LogP contribution in [0.1, 0.15) is 12.8 Å². The van der Waals surface area contributed by atoms with E-state index in [1.54, 1.807) is 0 Å². The second-order valence-electron chi connectivity index (χ2n) is 1.81. The molecule has 0 amide bonds. The van der Waals surface area contributed by atoms with Gasteiger partial charge in [-0.15, -0.1) is 0 Å². The van der Waals surface area contributed by atoms with E-state index in [-0.39, 0.29) is 20.4 Å². The Hall–Kier alpha value is -0.893. The Balaban J connectivity index is -0.0000000231. The molecule has 0 spiro atoms. The van der Waals surface area contributed by atoms with Gasteiger partial charge in [-0.2, -0.15) is 0 Å².